The number of benzene rings is 1. The Morgan fingerprint density at radius 1 is 1.05 bits per heavy atom. The summed E-state index contributed by atoms with van der Waals surface area (Å²) in [6.45, 7) is 3.52. The van der Waals surface area contributed by atoms with Crippen LogP contribution >= 0.6 is 0 Å². The second-order valence-electron chi connectivity index (χ2n) is 10.9. The van der Waals surface area contributed by atoms with E-state index in [0.717, 1.165) is 49.0 Å². The third-order valence-electron chi connectivity index (χ3n) is 8.50. The van der Waals surface area contributed by atoms with Crippen molar-refractivity contribution >= 4 is 11.8 Å². The second kappa shape index (κ2) is 11.2. The first-order valence-corrected chi connectivity index (χ1v) is 13.6. The maximum atomic E-state index is 14.2. The molecule has 1 saturated heterocycles. The molecular formula is C27H36F2N6O2. The molecule has 8 nitrogen and oxygen atoms in total. The molecule has 2 saturated carbocycles. The molecule has 2 amide bonds. The highest BCUT2D eigenvalue weighted by Gasteiger charge is 2.39. The lowest BCUT2D eigenvalue weighted by atomic mass is 9.80. The number of hydrogen-bond donors (Lipinski definition) is 2. The van der Waals surface area contributed by atoms with Crippen molar-refractivity contribution in [2.75, 3.05) is 13.1 Å². The van der Waals surface area contributed by atoms with Crippen molar-refractivity contribution in [3.63, 3.8) is 0 Å². The fraction of sp³-hybridized carbons (Fsp3) is 0.630. The monoisotopic (exact) mass is 514 g/mol. The Hall–Kier alpha value is -2.88. The fourth-order valence-electron chi connectivity index (χ4n) is 5.98. The summed E-state index contributed by atoms with van der Waals surface area (Å²) in [7, 11) is 0. The van der Waals surface area contributed by atoms with E-state index in [4.69, 9.17) is 0 Å². The van der Waals surface area contributed by atoms with E-state index in [1.165, 1.54) is 37.9 Å². The minimum Gasteiger partial charge on any atom is -0.353 e. The van der Waals surface area contributed by atoms with Gasteiger partial charge in [0.2, 0.25) is 5.91 Å². The van der Waals surface area contributed by atoms with Crippen molar-refractivity contribution in [3.05, 3.63) is 41.7 Å². The van der Waals surface area contributed by atoms with Gasteiger partial charge in [0.1, 0.15) is 11.5 Å². The number of aromatic nitrogens is 3. The molecule has 200 valence electrons. The van der Waals surface area contributed by atoms with Crippen molar-refractivity contribution in [3.8, 4) is 5.69 Å². The van der Waals surface area contributed by atoms with E-state index in [-0.39, 0.29) is 35.3 Å². The fourth-order valence-corrected chi connectivity index (χ4v) is 5.98. The Balaban J connectivity index is 1.28. The van der Waals surface area contributed by atoms with Crippen LogP contribution in [0.1, 0.15) is 75.2 Å². The third kappa shape index (κ3) is 5.84. The molecule has 2 aliphatic carbocycles. The van der Waals surface area contributed by atoms with Gasteiger partial charge in [-0.25, -0.2) is 13.5 Å². The second-order valence-corrected chi connectivity index (χ2v) is 10.9. The number of rotatable bonds is 7. The van der Waals surface area contributed by atoms with Gasteiger partial charge >= 0.3 is 0 Å². The molecule has 0 unspecified atom stereocenters. The van der Waals surface area contributed by atoms with Crippen LogP contribution in [0.5, 0.6) is 0 Å². The molecule has 3 atom stereocenters. The van der Waals surface area contributed by atoms with Crippen molar-refractivity contribution < 1.29 is 18.4 Å². The van der Waals surface area contributed by atoms with Crippen LogP contribution in [0, 0.1) is 23.5 Å². The standard InChI is InChI=1S/C27H36F2N6O2/c1-17(18-6-5-7-18)30-26(36)21-15-34(20-8-3-2-4-9-20)13-12-23(21)31-27(37)24-16-35(33-32-24)25-11-10-19(28)14-22(25)29/h10-11,14,16-18,20-21,23H,2-9,12-13,15H2,1H3,(H,30,36)(H,31,37)/t17-,21-,23-/m1/s1. The maximum Gasteiger partial charge on any atom is 0.273 e. The van der Waals surface area contributed by atoms with E-state index in [9.17, 15) is 18.4 Å². The van der Waals surface area contributed by atoms with Gasteiger partial charge in [-0.05, 0) is 57.1 Å². The normalized spacial score (nSPS) is 24.3. The smallest absolute Gasteiger partial charge is 0.273 e. The van der Waals surface area contributed by atoms with Crippen LogP contribution in [-0.2, 0) is 4.79 Å². The third-order valence-corrected chi connectivity index (χ3v) is 8.50. The van der Waals surface area contributed by atoms with E-state index in [1.54, 1.807) is 0 Å². The summed E-state index contributed by atoms with van der Waals surface area (Å²) in [4.78, 5) is 29.0. The van der Waals surface area contributed by atoms with Gasteiger partial charge in [-0.2, -0.15) is 0 Å². The van der Waals surface area contributed by atoms with Crippen molar-refractivity contribution in [2.24, 2.45) is 11.8 Å². The van der Waals surface area contributed by atoms with Gasteiger partial charge in [-0.15, -0.1) is 5.10 Å². The zero-order valence-electron chi connectivity index (χ0n) is 21.3. The molecule has 0 bridgehead atoms. The van der Waals surface area contributed by atoms with Crippen LogP contribution in [0.25, 0.3) is 5.69 Å². The lowest BCUT2D eigenvalue weighted by Gasteiger charge is -2.43. The molecule has 3 aliphatic rings. The summed E-state index contributed by atoms with van der Waals surface area (Å²) >= 11 is 0. The Morgan fingerprint density at radius 3 is 2.54 bits per heavy atom. The highest BCUT2D eigenvalue weighted by molar-refractivity contribution is 5.92. The number of hydrogen-bond acceptors (Lipinski definition) is 5. The number of piperidine rings is 1. The van der Waals surface area contributed by atoms with Crippen molar-refractivity contribution in [1.29, 1.82) is 0 Å². The minimum atomic E-state index is -0.802. The Bertz CT molecular complexity index is 1110. The number of carbonyl (C=O) groups excluding carboxylic acids is 2. The van der Waals surface area contributed by atoms with Crippen LogP contribution in [0.2, 0.25) is 0 Å². The van der Waals surface area contributed by atoms with Crippen molar-refractivity contribution in [2.45, 2.75) is 82.8 Å². The number of nitrogens with zero attached hydrogens (tertiary/aromatic N) is 4. The summed E-state index contributed by atoms with van der Waals surface area (Å²) in [5.41, 5.74) is 0.0106. The quantitative estimate of drug-likeness (QED) is 0.589. The molecule has 37 heavy (non-hydrogen) atoms. The van der Waals surface area contributed by atoms with E-state index < -0.39 is 17.5 Å². The Kier molecular flexibility index (Phi) is 7.83. The van der Waals surface area contributed by atoms with Gasteiger partial charge in [0.05, 0.1) is 12.1 Å². The lowest BCUT2D eigenvalue weighted by molar-refractivity contribution is -0.129. The topological polar surface area (TPSA) is 92.2 Å². The molecule has 0 spiro atoms. The highest BCUT2D eigenvalue weighted by atomic mass is 19.1. The number of nitrogens with one attached hydrogen (secondary N) is 2. The molecule has 0 radical (unpaired) electrons. The van der Waals surface area contributed by atoms with Crippen LogP contribution in [-0.4, -0.2) is 62.9 Å². The van der Waals surface area contributed by atoms with Crippen LogP contribution in [0.15, 0.2) is 24.4 Å². The van der Waals surface area contributed by atoms with Gasteiger partial charge in [-0.1, -0.05) is 30.9 Å². The predicted octanol–water partition coefficient (Wildman–Crippen LogP) is 3.60. The van der Waals surface area contributed by atoms with Gasteiger partial charge in [0.15, 0.2) is 11.5 Å². The number of carbonyl (C=O) groups is 2. The maximum absolute atomic E-state index is 14.2. The minimum absolute atomic E-state index is 0.00373. The molecule has 1 aromatic heterocycles. The average Bonchev–Trinajstić information content (AvgIpc) is 3.34. The molecule has 2 aromatic rings. The van der Waals surface area contributed by atoms with Crippen LogP contribution < -0.4 is 10.6 Å². The zero-order chi connectivity index (χ0) is 25.9. The van der Waals surface area contributed by atoms with Crippen LogP contribution in [0.4, 0.5) is 8.78 Å². The summed E-state index contributed by atoms with van der Waals surface area (Å²) in [5, 5.41) is 14.0. The summed E-state index contributed by atoms with van der Waals surface area (Å²) in [5.74, 6) is -1.82. The molecule has 2 heterocycles. The average molecular weight is 515 g/mol. The zero-order valence-corrected chi connectivity index (χ0v) is 21.3. The number of likely N-dealkylation sites (tertiary alicyclic amines) is 1. The molecule has 2 N–H and O–H groups in total. The first-order valence-electron chi connectivity index (χ1n) is 13.6. The van der Waals surface area contributed by atoms with Gasteiger partial charge in [0.25, 0.3) is 5.91 Å². The first-order chi connectivity index (χ1) is 17.9. The summed E-state index contributed by atoms with van der Waals surface area (Å²) < 4.78 is 28.5. The number of amides is 2. The Morgan fingerprint density at radius 2 is 1.84 bits per heavy atom. The highest BCUT2D eigenvalue weighted by Crippen LogP contribution is 2.31. The molecule has 10 heteroatoms. The molecular weight excluding hydrogens is 478 g/mol. The SMILES string of the molecule is C[C@@H](NC(=O)[C@@H]1CN(C2CCCCC2)CC[C@H]1NC(=O)c1cn(-c2ccc(F)cc2F)nn1)C1CCC1. The summed E-state index contributed by atoms with van der Waals surface area (Å²) in [6.07, 6.45) is 11.5. The van der Waals surface area contributed by atoms with Crippen LogP contribution in [0.3, 0.4) is 0 Å². The van der Waals surface area contributed by atoms with Crippen molar-refractivity contribution in [1.82, 2.24) is 30.5 Å². The van der Waals surface area contributed by atoms with E-state index >= 15 is 0 Å². The molecule has 1 aliphatic heterocycles. The van der Waals surface area contributed by atoms with E-state index in [1.807, 2.05) is 0 Å². The van der Waals surface area contributed by atoms with Gasteiger partial charge < -0.3 is 10.6 Å². The molecule has 3 fully saturated rings. The predicted molar refractivity (Wildman–Crippen MR) is 134 cm³/mol. The molecule has 1 aromatic carbocycles. The Labute approximate surface area is 216 Å². The first kappa shape index (κ1) is 25.8. The molecule has 5 rings (SSSR count). The summed E-state index contributed by atoms with van der Waals surface area (Å²) in [6, 6.07) is 3.39. The lowest BCUT2D eigenvalue weighted by Crippen LogP contribution is -2.59. The van der Waals surface area contributed by atoms with Gasteiger partial charge in [0, 0.05) is 37.3 Å². The number of halogens is 2. The van der Waals surface area contributed by atoms with E-state index in [2.05, 4.69) is 32.8 Å². The van der Waals surface area contributed by atoms with E-state index in [0.29, 0.717) is 24.9 Å². The van der Waals surface area contributed by atoms with Gasteiger partial charge in [-0.3, -0.25) is 14.5 Å². The largest absolute Gasteiger partial charge is 0.353 e.